The van der Waals surface area contributed by atoms with E-state index in [9.17, 15) is 18.0 Å². The Morgan fingerprint density at radius 3 is 2.37 bits per heavy atom. The first-order chi connectivity index (χ1) is 14.4. The lowest BCUT2D eigenvalue weighted by atomic mass is 10.3. The number of morpholine rings is 1. The molecule has 4 heterocycles. The molecule has 3 aliphatic heterocycles. The summed E-state index contributed by atoms with van der Waals surface area (Å²) in [7, 11) is -3.55. The zero-order valence-corrected chi connectivity index (χ0v) is 17.7. The predicted octanol–water partition coefficient (Wildman–Crippen LogP) is -0.626. The van der Waals surface area contributed by atoms with Gasteiger partial charge in [0, 0.05) is 58.4 Å². The van der Waals surface area contributed by atoms with Crippen molar-refractivity contribution in [3.63, 3.8) is 0 Å². The van der Waals surface area contributed by atoms with Gasteiger partial charge in [-0.2, -0.15) is 4.31 Å². The standard InChI is InChI=1S/C19H27N5O5S/c25-18-2-1-5-24(18)19(26)15-21-6-8-22(9-7-21)17-4-3-16(14-20-17)30(27,28)23-10-12-29-13-11-23/h3-4,14H,1-2,5-13,15H2. The van der Waals surface area contributed by atoms with Crippen molar-refractivity contribution in [2.45, 2.75) is 17.7 Å². The molecule has 3 fully saturated rings. The van der Waals surface area contributed by atoms with Crippen molar-refractivity contribution in [2.75, 3.05) is 70.5 Å². The Hall–Kier alpha value is -2.08. The van der Waals surface area contributed by atoms with Crippen LogP contribution in [0, 0.1) is 0 Å². The number of ether oxygens (including phenoxy) is 1. The predicted molar refractivity (Wildman–Crippen MR) is 108 cm³/mol. The van der Waals surface area contributed by atoms with Gasteiger partial charge in [0.15, 0.2) is 0 Å². The Morgan fingerprint density at radius 2 is 1.77 bits per heavy atom. The Labute approximate surface area is 176 Å². The van der Waals surface area contributed by atoms with Crippen molar-refractivity contribution >= 4 is 27.7 Å². The van der Waals surface area contributed by atoms with Crippen LogP contribution in [-0.2, 0) is 24.3 Å². The van der Waals surface area contributed by atoms with Crippen molar-refractivity contribution < 1.29 is 22.7 Å². The number of pyridine rings is 1. The van der Waals surface area contributed by atoms with E-state index in [1.54, 1.807) is 12.1 Å². The number of imide groups is 1. The molecule has 0 saturated carbocycles. The van der Waals surface area contributed by atoms with Crippen molar-refractivity contribution in [3.8, 4) is 0 Å². The fourth-order valence-corrected chi connectivity index (χ4v) is 5.33. The van der Waals surface area contributed by atoms with Gasteiger partial charge in [0.25, 0.3) is 0 Å². The molecule has 10 nitrogen and oxygen atoms in total. The van der Waals surface area contributed by atoms with Crippen LogP contribution >= 0.6 is 0 Å². The highest BCUT2D eigenvalue weighted by Crippen LogP contribution is 2.20. The smallest absolute Gasteiger partial charge is 0.244 e. The van der Waals surface area contributed by atoms with Crippen LogP contribution in [0.4, 0.5) is 5.82 Å². The number of carbonyl (C=O) groups is 2. The molecule has 0 aliphatic carbocycles. The molecule has 30 heavy (non-hydrogen) atoms. The van der Waals surface area contributed by atoms with Gasteiger partial charge in [-0.3, -0.25) is 19.4 Å². The summed E-state index contributed by atoms with van der Waals surface area (Å²) in [5, 5.41) is 0. The molecule has 0 spiro atoms. The molecule has 0 unspecified atom stereocenters. The summed E-state index contributed by atoms with van der Waals surface area (Å²) in [4.78, 5) is 34.1. The molecule has 3 saturated heterocycles. The van der Waals surface area contributed by atoms with Gasteiger partial charge >= 0.3 is 0 Å². The van der Waals surface area contributed by atoms with E-state index in [-0.39, 0.29) is 23.3 Å². The summed E-state index contributed by atoms with van der Waals surface area (Å²) in [6.07, 6.45) is 2.62. The van der Waals surface area contributed by atoms with Crippen LogP contribution in [0.3, 0.4) is 0 Å². The number of carbonyl (C=O) groups excluding carboxylic acids is 2. The second-order valence-corrected chi connectivity index (χ2v) is 9.61. The number of anilines is 1. The second kappa shape index (κ2) is 8.96. The van der Waals surface area contributed by atoms with E-state index >= 15 is 0 Å². The molecular weight excluding hydrogens is 410 g/mol. The van der Waals surface area contributed by atoms with E-state index in [2.05, 4.69) is 9.88 Å². The van der Waals surface area contributed by atoms with Gasteiger partial charge < -0.3 is 9.64 Å². The third-order valence-electron chi connectivity index (χ3n) is 5.76. The highest BCUT2D eigenvalue weighted by Gasteiger charge is 2.29. The van der Waals surface area contributed by atoms with E-state index in [0.717, 1.165) is 12.2 Å². The van der Waals surface area contributed by atoms with E-state index in [4.69, 9.17) is 4.74 Å². The summed E-state index contributed by atoms with van der Waals surface area (Å²) in [6, 6.07) is 3.33. The van der Waals surface area contributed by atoms with Crippen LogP contribution in [-0.4, -0.2) is 105 Å². The summed E-state index contributed by atoms with van der Waals surface area (Å²) < 4.78 is 32.1. The Morgan fingerprint density at radius 1 is 1.03 bits per heavy atom. The number of hydrogen-bond donors (Lipinski definition) is 0. The summed E-state index contributed by atoms with van der Waals surface area (Å²) in [5.41, 5.74) is 0. The summed E-state index contributed by atoms with van der Waals surface area (Å²) in [6.45, 7) is 5.04. The second-order valence-electron chi connectivity index (χ2n) is 7.67. The normalized spacial score (nSPS) is 21.9. The average molecular weight is 438 g/mol. The van der Waals surface area contributed by atoms with Gasteiger partial charge in [-0.05, 0) is 18.6 Å². The zero-order valence-electron chi connectivity index (χ0n) is 16.9. The first kappa shape index (κ1) is 21.2. The third-order valence-corrected chi connectivity index (χ3v) is 7.64. The van der Waals surface area contributed by atoms with Gasteiger partial charge in [0.1, 0.15) is 10.7 Å². The quantitative estimate of drug-likeness (QED) is 0.600. The number of hydrogen-bond acceptors (Lipinski definition) is 8. The van der Waals surface area contributed by atoms with Crippen LogP contribution in [0.5, 0.6) is 0 Å². The number of sulfonamides is 1. The number of likely N-dealkylation sites (tertiary alicyclic amines) is 1. The Kier molecular flexibility index (Phi) is 6.32. The van der Waals surface area contributed by atoms with Crippen molar-refractivity contribution in [2.24, 2.45) is 0 Å². The summed E-state index contributed by atoms with van der Waals surface area (Å²) >= 11 is 0. The number of rotatable bonds is 5. The highest BCUT2D eigenvalue weighted by atomic mass is 32.2. The molecule has 0 N–H and O–H groups in total. The fourth-order valence-electron chi connectivity index (χ4n) is 3.97. The minimum atomic E-state index is -3.55. The molecule has 1 aromatic rings. The molecule has 0 radical (unpaired) electrons. The van der Waals surface area contributed by atoms with Crippen LogP contribution in [0.25, 0.3) is 0 Å². The van der Waals surface area contributed by atoms with Crippen molar-refractivity contribution in [3.05, 3.63) is 18.3 Å². The largest absolute Gasteiger partial charge is 0.379 e. The SMILES string of the molecule is O=C1CCCN1C(=O)CN1CCN(c2ccc(S(=O)(=O)N3CCOCC3)cn2)CC1. The lowest BCUT2D eigenvalue weighted by Crippen LogP contribution is -2.50. The lowest BCUT2D eigenvalue weighted by molar-refractivity contribution is -0.142. The van der Waals surface area contributed by atoms with E-state index < -0.39 is 10.0 Å². The van der Waals surface area contributed by atoms with Gasteiger partial charge in [-0.25, -0.2) is 13.4 Å². The molecule has 4 rings (SSSR count). The van der Waals surface area contributed by atoms with E-state index in [0.29, 0.717) is 65.4 Å². The monoisotopic (exact) mass is 437 g/mol. The molecule has 2 amide bonds. The number of aromatic nitrogens is 1. The number of nitrogens with zero attached hydrogens (tertiary/aromatic N) is 5. The van der Waals surface area contributed by atoms with Gasteiger partial charge in [-0.15, -0.1) is 0 Å². The van der Waals surface area contributed by atoms with Gasteiger partial charge in [-0.1, -0.05) is 0 Å². The molecule has 0 bridgehead atoms. The first-order valence-electron chi connectivity index (χ1n) is 10.3. The van der Waals surface area contributed by atoms with Crippen LogP contribution in [0.15, 0.2) is 23.2 Å². The zero-order chi connectivity index (χ0) is 21.1. The van der Waals surface area contributed by atoms with Gasteiger partial charge in [0.2, 0.25) is 21.8 Å². The molecule has 3 aliphatic rings. The van der Waals surface area contributed by atoms with Crippen molar-refractivity contribution in [1.29, 1.82) is 0 Å². The highest BCUT2D eigenvalue weighted by molar-refractivity contribution is 7.89. The fraction of sp³-hybridized carbons (Fsp3) is 0.632. The number of amides is 2. The Balaban J connectivity index is 1.31. The van der Waals surface area contributed by atoms with Crippen LogP contribution < -0.4 is 4.90 Å². The molecule has 1 aromatic heterocycles. The first-order valence-corrected chi connectivity index (χ1v) is 11.7. The average Bonchev–Trinajstić information content (AvgIpc) is 3.21. The Bertz CT molecular complexity index is 877. The molecular formula is C19H27N5O5S. The lowest BCUT2D eigenvalue weighted by Gasteiger charge is -2.35. The number of piperazine rings is 1. The van der Waals surface area contributed by atoms with E-state index in [1.807, 2.05) is 4.90 Å². The molecule has 0 atom stereocenters. The molecule has 0 aromatic carbocycles. The van der Waals surface area contributed by atoms with Crippen LogP contribution in [0.1, 0.15) is 12.8 Å². The molecule has 164 valence electrons. The topological polar surface area (TPSA) is 103 Å². The van der Waals surface area contributed by atoms with E-state index in [1.165, 1.54) is 15.4 Å². The van der Waals surface area contributed by atoms with Crippen molar-refractivity contribution in [1.82, 2.24) is 19.1 Å². The van der Waals surface area contributed by atoms with Crippen LogP contribution in [0.2, 0.25) is 0 Å². The van der Waals surface area contributed by atoms with Gasteiger partial charge in [0.05, 0.1) is 19.8 Å². The minimum absolute atomic E-state index is 0.0741. The third kappa shape index (κ3) is 4.48. The maximum atomic E-state index is 12.7. The molecule has 11 heteroatoms. The summed E-state index contributed by atoms with van der Waals surface area (Å²) in [5.74, 6) is 0.522. The maximum Gasteiger partial charge on any atom is 0.244 e. The maximum absolute atomic E-state index is 12.7. The minimum Gasteiger partial charge on any atom is -0.379 e.